The van der Waals surface area contributed by atoms with Gasteiger partial charge in [0.1, 0.15) is 16.5 Å². The number of fused-ring (bicyclic) bond motifs is 1. The van der Waals surface area contributed by atoms with E-state index < -0.39 is 0 Å². The van der Waals surface area contributed by atoms with Gasteiger partial charge < -0.3 is 5.73 Å². The van der Waals surface area contributed by atoms with Gasteiger partial charge in [0.25, 0.3) is 0 Å². The zero-order chi connectivity index (χ0) is 19.1. The molecule has 0 amide bonds. The van der Waals surface area contributed by atoms with Crippen LogP contribution < -0.4 is 5.73 Å². The highest BCUT2D eigenvalue weighted by atomic mass is 32.1. The standard InChI is InChI=1S/C21H21FN5S/c22-15-3-1-10-24-19(15)21(8-2-9-21)12-14-5-7-17(27-26-14)20-25-16-6-4-13(23)11-18(16)28-20/h1,3,5,7,10,12-13H,2,4,6,8-9,11,23H2. The maximum absolute atomic E-state index is 14.3. The van der Waals surface area contributed by atoms with Crippen molar-refractivity contribution < 1.29 is 4.39 Å². The molecule has 2 N–H and O–H groups in total. The highest BCUT2D eigenvalue weighted by Crippen LogP contribution is 2.47. The SMILES string of the molecule is NC1CCc2nc(-c3ccc([CH]C4(c5ncccc5F)CCC4)nn3)sc2C1. The summed E-state index contributed by atoms with van der Waals surface area (Å²) < 4.78 is 14.3. The molecule has 143 valence electrons. The smallest absolute Gasteiger partial charge is 0.145 e. The molecule has 2 aliphatic rings. The molecule has 1 saturated carbocycles. The first-order valence-corrected chi connectivity index (χ1v) is 10.5. The summed E-state index contributed by atoms with van der Waals surface area (Å²) in [6.45, 7) is 0. The molecule has 1 unspecified atom stereocenters. The lowest BCUT2D eigenvalue weighted by Crippen LogP contribution is -2.37. The lowest BCUT2D eigenvalue weighted by molar-refractivity contribution is 0.274. The summed E-state index contributed by atoms with van der Waals surface area (Å²) in [5.41, 5.74) is 8.87. The van der Waals surface area contributed by atoms with Gasteiger partial charge in [-0.25, -0.2) is 9.37 Å². The van der Waals surface area contributed by atoms with Crippen LogP contribution in [0.1, 0.15) is 47.6 Å². The number of hydrogen-bond donors (Lipinski definition) is 1. The molecule has 3 aromatic rings. The van der Waals surface area contributed by atoms with Crippen molar-refractivity contribution in [2.75, 3.05) is 0 Å². The second kappa shape index (κ2) is 6.97. The Kier molecular flexibility index (Phi) is 4.44. The largest absolute Gasteiger partial charge is 0.327 e. The van der Waals surface area contributed by atoms with Crippen LogP contribution in [0.3, 0.4) is 0 Å². The van der Waals surface area contributed by atoms with Gasteiger partial charge in [0, 0.05) is 29.0 Å². The van der Waals surface area contributed by atoms with E-state index in [2.05, 4.69) is 15.2 Å². The second-order valence-corrected chi connectivity index (χ2v) is 8.81. The molecule has 0 aliphatic heterocycles. The fourth-order valence-electron chi connectivity index (χ4n) is 4.09. The molecule has 0 aromatic carbocycles. The first kappa shape index (κ1) is 17.8. The molecule has 1 fully saturated rings. The van der Waals surface area contributed by atoms with E-state index >= 15 is 0 Å². The summed E-state index contributed by atoms with van der Waals surface area (Å²) in [4.78, 5) is 10.3. The molecule has 5 rings (SSSR count). The summed E-state index contributed by atoms with van der Waals surface area (Å²) in [5.74, 6) is -0.255. The lowest BCUT2D eigenvalue weighted by atomic mass is 9.63. The number of thiazole rings is 1. The fourth-order valence-corrected chi connectivity index (χ4v) is 5.25. The van der Waals surface area contributed by atoms with E-state index in [4.69, 9.17) is 10.7 Å². The maximum atomic E-state index is 14.3. The zero-order valence-electron chi connectivity index (χ0n) is 15.4. The fraction of sp³-hybridized carbons (Fsp3) is 0.381. The number of aryl methyl sites for hydroxylation is 1. The van der Waals surface area contributed by atoms with E-state index in [1.165, 1.54) is 10.9 Å². The molecule has 0 spiro atoms. The highest BCUT2D eigenvalue weighted by molar-refractivity contribution is 7.15. The van der Waals surface area contributed by atoms with Crippen LogP contribution >= 0.6 is 11.3 Å². The van der Waals surface area contributed by atoms with Gasteiger partial charge >= 0.3 is 0 Å². The van der Waals surface area contributed by atoms with Crippen molar-refractivity contribution in [1.82, 2.24) is 20.2 Å². The minimum Gasteiger partial charge on any atom is -0.327 e. The molecular weight excluding hydrogens is 373 g/mol. The molecule has 3 aromatic heterocycles. The van der Waals surface area contributed by atoms with Crippen molar-refractivity contribution in [3.05, 3.63) is 64.7 Å². The zero-order valence-corrected chi connectivity index (χ0v) is 16.3. The average molecular weight is 394 g/mol. The minimum absolute atomic E-state index is 0.231. The number of aromatic nitrogens is 4. The second-order valence-electron chi connectivity index (χ2n) is 7.72. The summed E-state index contributed by atoms with van der Waals surface area (Å²) >= 11 is 1.66. The number of nitrogens with zero attached hydrogens (tertiary/aromatic N) is 4. The van der Waals surface area contributed by atoms with E-state index in [9.17, 15) is 4.39 Å². The topological polar surface area (TPSA) is 77.6 Å². The third-order valence-corrected chi connectivity index (χ3v) is 6.92. The van der Waals surface area contributed by atoms with Gasteiger partial charge in [0.15, 0.2) is 0 Å². The van der Waals surface area contributed by atoms with Gasteiger partial charge in [0.05, 0.1) is 17.1 Å². The van der Waals surface area contributed by atoms with Gasteiger partial charge in [0.2, 0.25) is 0 Å². The predicted molar refractivity (Wildman–Crippen MR) is 106 cm³/mol. The number of halogens is 1. The Morgan fingerprint density at radius 2 is 2.11 bits per heavy atom. The Morgan fingerprint density at radius 3 is 2.82 bits per heavy atom. The van der Waals surface area contributed by atoms with Crippen LogP contribution in [-0.2, 0) is 18.3 Å². The Balaban J connectivity index is 1.38. The number of hydrogen-bond acceptors (Lipinski definition) is 6. The maximum Gasteiger partial charge on any atom is 0.145 e. The molecule has 3 heterocycles. The van der Waals surface area contributed by atoms with Crippen LogP contribution in [0.4, 0.5) is 4.39 Å². The normalized spacial score (nSPS) is 20.4. The van der Waals surface area contributed by atoms with Crippen molar-refractivity contribution in [2.24, 2.45) is 5.73 Å². The van der Waals surface area contributed by atoms with Crippen LogP contribution in [-0.4, -0.2) is 26.2 Å². The van der Waals surface area contributed by atoms with Gasteiger partial charge in [-0.3, -0.25) is 4.98 Å². The predicted octanol–water partition coefficient (Wildman–Crippen LogP) is 3.62. The summed E-state index contributed by atoms with van der Waals surface area (Å²) in [6, 6.07) is 7.22. The van der Waals surface area contributed by atoms with Gasteiger partial charge in [-0.1, -0.05) is 6.42 Å². The summed E-state index contributed by atoms with van der Waals surface area (Å²) in [6.07, 6.45) is 9.30. The van der Waals surface area contributed by atoms with Crippen LogP contribution in [0.25, 0.3) is 10.7 Å². The first-order valence-electron chi connectivity index (χ1n) is 9.68. The highest BCUT2D eigenvalue weighted by Gasteiger charge is 2.42. The molecule has 1 atom stereocenters. The molecule has 7 heteroatoms. The average Bonchev–Trinajstić information content (AvgIpc) is 3.09. The van der Waals surface area contributed by atoms with Crippen LogP contribution in [0.2, 0.25) is 0 Å². The number of pyridine rings is 1. The van der Waals surface area contributed by atoms with E-state index in [-0.39, 0.29) is 17.3 Å². The third-order valence-electron chi connectivity index (χ3n) is 5.78. The Bertz CT molecular complexity index is 996. The Hall–Kier alpha value is -2.25. The van der Waals surface area contributed by atoms with Gasteiger partial charge in [-0.15, -0.1) is 16.4 Å². The van der Waals surface area contributed by atoms with E-state index in [0.717, 1.165) is 60.6 Å². The molecule has 0 saturated heterocycles. The molecule has 0 bridgehead atoms. The van der Waals surface area contributed by atoms with Crippen molar-refractivity contribution >= 4 is 11.3 Å². The lowest BCUT2D eigenvalue weighted by Gasteiger charge is -2.41. The molecule has 28 heavy (non-hydrogen) atoms. The van der Waals surface area contributed by atoms with Gasteiger partial charge in [-0.2, -0.15) is 5.10 Å². The number of rotatable bonds is 4. The van der Waals surface area contributed by atoms with Crippen molar-refractivity contribution in [1.29, 1.82) is 0 Å². The monoisotopic (exact) mass is 394 g/mol. The van der Waals surface area contributed by atoms with Crippen LogP contribution in [0.15, 0.2) is 30.5 Å². The van der Waals surface area contributed by atoms with E-state index in [1.54, 1.807) is 23.6 Å². The quantitative estimate of drug-likeness (QED) is 0.731. The number of nitrogens with two attached hydrogens (primary N) is 1. The van der Waals surface area contributed by atoms with E-state index in [1.807, 2.05) is 18.6 Å². The minimum atomic E-state index is -0.377. The molecular formula is C21H21FN5S. The molecule has 1 radical (unpaired) electrons. The third kappa shape index (κ3) is 3.12. The van der Waals surface area contributed by atoms with Crippen molar-refractivity contribution in [3.8, 4) is 10.7 Å². The van der Waals surface area contributed by atoms with E-state index in [0.29, 0.717) is 5.69 Å². The van der Waals surface area contributed by atoms with Crippen LogP contribution in [0, 0.1) is 12.2 Å². The molecule has 5 nitrogen and oxygen atoms in total. The van der Waals surface area contributed by atoms with Crippen LogP contribution in [0.5, 0.6) is 0 Å². The van der Waals surface area contributed by atoms with Gasteiger partial charge in [-0.05, 0) is 56.4 Å². The Labute approximate surface area is 167 Å². The first-order chi connectivity index (χ1) is 13.6. The summed E-state index contributed by atoms with van der Waals surface area (Å²) in [7, 11) is 0. The van der Waals surface area contributed by atoms with Crippen molar-refractivity contribution in [2.45, 2.75) is 50.0 Å². The summed E-state index contributed by atoms with van der Waals surface area (Å²) in [5, 5.41) is 9.67. The van der Waals surface area contributed by atoms with Crippen molar-refractivity contribution in [3.63, 3.8) is 0 Å². The Morgan fingerprint density at radius 1 is 1.21 bits per heavy atom. The molecule has 2 aliphatic carbocycles.